The Morgan fingerprint density at radius 2 is 2.19 bits per heavy atom. The van der Waals surface area contributed by atoms with Crippen molar-refractivity contribution in [3.8, 4) is 5.75 Å². The fourth-order valence-electron chi connectivity index (χ4n) is 1.34. The maximum Gasteiger partial charge on any atom is 0.339 e. The van der Waals surface area contributed by atoms with E-state index in [-0.39, 0.29) is 5.56 Å². The molecule has 16 heavy (non-hydrogen) atoms. The number of methoxy groups -OCH3 is 1. The Balaban J connectivity index is 2.78. The third kappa shape index (κ3) is 3.24. The fraction of sp³-hybridized carbons (Fsp3) is 0.417. The lowest BCUT2D eigenvalue weighted by molar-refractivity contribution is 0.0693. The predicted molar refractivity (Wildman–Crippen MR) is 59.9 cm³/mol. The van der Waals surface area contributed by atoms with Crippen molar-refractivity contribution in [2.75, 3.05) is 13.7 Å². The van der Waals surface area contributed by atoms with Gasteiger partial charge in [0.15, 0.2) is 0 Å². The third-order valence-electron chi connectivity index (χ3n) is 2.11. The Kier molecular flexibility index (Phi) is 4.79. The number of hydrogen-bond acceptors (Lipinski definition) is 3. The van der Waals surface area contributed by atoms with Crippen molar-refractivity contribution < 1.29 is 19.4 Å². The van der Waals surface area contributed by atoms with E-state index in [0.717, 1.165) is 12.0 Å². The summed E-state index contributed by atoms with van der Waals surface area (Å²) in [4.78, 5) is 10.8. The van der Waals surface area contributed by atoms with Crippen molar-refractivity contribution in [2.24, 2.45) is 0 Å². The van der Waals surface area contributed by atoms with Crippen LogP contribution in [0.15, 0.2) is 18.2 Å². The molecule has 0 amide bonds. The Labute approximate surface area is 94.8 Å². The summed E-state index contributed by atoms with van der Waals surface area (Å²) in [6.07, 6.45) is 0.963. The predicted octanol–water partition coefficient (Wildman–Crippen LogP) is 2.32. The average molecular weight is 224 g/mol. The second-order valence-electron chi connectivity index (χ2n) is 3.39. The van der Waals surface area contributed by atoms with Crippen LogP contribution in [0.3, 0.4) is 0 Å². The summed E-state index contributed by atoms with van der Waals surface area (Å²) < 4.78 is 10.4. The molecule has 0 radical (unpaired) electrons. The number of carbonyl (C=O) groups is 1. The first-order valence-corrected chi connectivity index (χ1v) is 5.17. The Morgan fingerprint density at radius 1 is 1.44 bits per heavy atom. The molecule has 0 atom stereocenters. The molecule has 0 saturated carbocycles. The van der Waals surface area contributed by atoms with Crippen LogP contribution in [0.4, 0.5) is 0 Å². The summed E-state index contributed by atoms with van der Waals surface area (Å²) in [6, 6.07) is 4.96. The first kappa shape index (κ1) is 12.5. The number of rotatable bonds is 6. The first-order chi connectivity index (χ1) is 7.69. The minimum absolute atomic E-state index is 0.168. The van der Waals surface area contributed by atoms with Gasteiger partial charge in [0.25, 0.3) is 0 Å². The van der Waals surface area contributed by atoms with Gasteiger partial charge in [0.1, 0.15) is 11.3 Å². The minimum atomic E-state index is -0.988. The molecule has 0 aliphatic rings. The molecular weight excluding hydrogens is 208 g/mol. The van der Waals surface area contributed by atoms with E-state index < -0.39 is 5.97 Å². The monoisotopic (exact) mass is 224 g/mol. The maximum atomic E-state index is 10.8. The van der Waals surface area contributed by atoms with E-state index in [1.165, 1.54) is 13.2 Å². The number of ether oxygens (including phenoxy) is 2. The van der Waals surface area contributed by atoms with Gasteiger partial charge in [-0.05, 0) is 24.1 Å². The van der Waals surface area contributed by atoms with Gasteiger partial charge < -0.3 is 14.6 Å². The summed E-state index contributed by atoms with van der Waals surface area (Å²) in [6.45, 7) is 3.21. The van der Waals surface area contributed by atoms with Crippen LogP contribution in [0, 0.1) is 0 Å². The van der Waals surface area contributed by atoms with Crippen LogP contribution in [-0.2, 0) is 11.3 Å². The summed E-state index contributed by atoms with van der Waals surface area (Å²) >= 11 is 0. The van der Waals surface area contributed by atoms with Gasteiger partial charge in [-0.1, -0.05) is 13.0 Å². The Hall–Kier alpha value is -1.55. The van der Waals surface area contributed by atoms with Gasteiger partial charge in [-0.2, -0.15) is 0 Å². The van der Waals surface area contributed by atoms with Crippen molar-refractivity contribution in [1.82, 2.24) is 0 Å². The van der Waals surface area contributed by atoms with Gasteiger partial charge in [-0.3, -0.25) is 0 Å². The van der Waals surface area contributed by atoms with Gasteiger partial charge in [0.05, 0.1) is 13.7 Å². The quantitative estimate of drug-likeness (QED) is 0.753. The number of hydrogen-bond donors (Lipinski definition) is 1. The molecule has 0 saturated heterocycles. The second-order valence-corrected chi connectivity index (χ2v) is 3.39. The zero-order valence-corrected chi connectivity index (χ0v) is 9.53. The Bertz CT molecular complexity index is 360. The van der Waals surface area contributed by atoms with E-state index in [1.54, 1.807) is 12.1 Å². The van der Waals surface area contributed by atoms with Crippen molar-refractivity contribution in [2.45, 2.75) is 20.0 Å². The largest absolute Gasteiger partial charge is 0.496 e. The van der Waals surface area contributed by atoms with Gasteiger partial charge in [0.2, 0.25) is 0 Å². The molecule has 0 heterocycles. The smallest absolute Gasteiger partial charge is 0.339 e. The van der Waals surface area contributed by atoms with Gasteiger partial charge >= 0.3 is 5.97 Å². The van der Waals surface area contributed by atoms with Crippen LogP contribution in [0.5, 0.6) is 5.75 Å². The highest BCUT2D eigenvalue weighted by molar-refractivity contribution is 5.90. The van der Waals surface area contributed by atoms with Crippen LogP contribution in [0.25, 0.3) is 0 Å². The summed E-state index contributed by atoms with van der Waals surface area (Å²) in [5.41, 5.74) is 1.08. The molecule has 88 valence electrons. The van der Waals surface area contributed by atoms with Gasteiger partial charge in [-0.25, -0.2) is 4.79 Å². The van der Waals surface area contributed by atoms with Gasteiger partial charge in [-0.15, -0.1) is 0 Å². The molecule has 0 aliphatic heterocycles. The topological polar surface area (TPSA) is 55.8 Å². The first-order valence-electron chi connectivity index (χ1n) is 5.17. The second kappa shape index (κ2) is 6.12. The summed E-state index contributed by atoms with van der Waals surface area (Å²) in [7, 11) is 1.46. The van der Waals surface area contributed by atoms with Gasteiger partial charge in [0, 0.05) is 6.61 Å². The lowest BCUT2D eigenvalue weighted by atomic mass is 10.1. The van der Waals surface area contributed by atoms with Crippen LogP contribution in [-0.4, -0.2) is 24.8 Å². The van der Waals surface area contributed by atoms with E-state index in [1.807, 2.05) is 6.92 Å². The van der Waals surface area contributed by atoms with Crippen molar-refractivity contribution >= 4 is 5.97 Å². The number of benzene rings is 1. The highest BCUT2D eigenvalue weighted by Gasteiger charge is 2.10. The molecule has 0 aliphatic carbocycles. The molecule has 0 spiro atoms. The molecule has 1 N–H and O–H groups in total. The number of carboxylic acids is 1. The Morgan fingerprint density at radius 3 is 2.75 bits per heavy atom. The fourth-order valence-corrected chi connectivity index (χ4v) is 1.34. The molecule has 1 aromatic carbocycles. The summed E-state index contributed by atoms with van der Waals surface area (Å²) in [5, 5.41) is 8.89. The maximum absolute atomic E-state index is 10.8. The van der Waals surface area contributed by atoms with Crippen LogP contribution in [0.1, 0.15) is 29.3 Å². The number of aromatic carboxylic acids is 1. The van der Waals surface area contributed by atoms with E-state index >= 15 is 0 Å². The third-order valence-corrected chi connectivity index (χ3v) is 2.11. The molecule has 1 rings (SSSR count). The van der Waals surface area contributed by atoms with Crippen LogP contribution >= 0.6 is 0 Å². The molecular formula is C12H16O4. The SMILES string of the molecule is CCCOCc1ccc(C(=O)O)c(OC)c1. The lowest BCUT2D eigenvalue weighted by Crippen LogP contribution is -2.02. The zero-order valence-electron chi connectivity index (χ0n) is 9.53. The molecule has 4 nitrogen and oxygen atoms in total. The zero-order chi connectivity index (χ0) is 12.0. The van der Waals surface area contributed by atoms with Crippen LogP contribution < -0.4 is 4.74 Å². The number of carboxylic acid groups (broad SMARTS) is 1. The molecule has 4 heteroatoms. The normalized spacial score (nSPS) is 10.1. The summed E-state index contributed by atoms with van der Waals surface area (Å²) in [5.74, 6) is -0.622. The highest BCUT2D eigenvalue weighted by atomic mass is 16.5. The average Bonchev–Trinajstić information content (AvgIpc) is 2.29. The lowest BCUT2D eigenvalue weighted by Gasteiger charge is -2.08. The molecule has 0 bridgehead atoms. The standard InChI is InChI=1S/C12H16O4/c1-3-6-16-8-9-4-5-10(12(13)14)11(7-9)15-2/h4-5,7H,3,6,8H2,1-2H3,(H,13,14). The van der Waals surface area contributed by atoms with E-state index in [0.29, 0.717) is 19.0 Å². The van der Waals surface area contributed by atoms with E-state index in [4.69, 9.17) is 14.6 Å². The van der Waals surface area contributed by atoms with Crippen LogP contribution in [0.2, 0.25) is 0 Å². The molecule has 1 aromatic rings. The van der Waals surface area contributed by atoms with Crippen molar-refractivity contribution in [3.05, 3.63) is 29.3 Å². The highest BCUT2D eigenvalue weighted by Crippen LogP contribution is 2.20. The van der Waals surface area contributed by atoms with E-state index in [2.05, 4.69) is 0 Å². The van der Waals surface area contributed by atoms with Crippen molar-refractivity contribution in [3.63, 3.8) is 0 Å². The molecule has 0 aromatic heterocycles. The minimum Gasteiger partial charge on any atom is -0.496 e. The molecule has 0 fully saturated rings. The molecule has 0 unspecified atom stereocenters. The van der Waals surface area contributed by atoms with Crippen molar-refractivity contribution in [1.29, 1.82) is 0 Å². The van der Waals surface area contributed by atoms with E-state index in [9.17, 15) is 4.79 Å².